The lowest BCUT2D eigenvalue weighted by atomic mass is 10.2. The molecular formula is C12H13ClN4O4S. The van der Waals surface area contributed by atoms with Crippen LogP contribution in [0.15, 0.2) is 29.3 Å². The summed E-state index contributed by atoms with van der Waals surface area (Å²) < 4.78 is 28.5. The lowest BCUT2D eigenvalue weighted by Crippen LogP contribution is -2.26. The Labute approximate surface area is 131 Å². The Morgan fingerprint density at radius 3 is 2.82 bits per heavy atom. The van der Waals surface area contributed by atoms with Crippen molar-refractivity contribution in [3.8, 4) is 0 Å². The van der Waals surface area contributed by atoms with Gasteiger partial charge in [-0.25, -0.2) is 22.6 Å². The van der Waals surface area contributed by atoms with Crippen LogP contribution in [0.2, 0.25) is 5.02 Å². The fourth-order valence-electron chi connectivity index (χ4n) is 1.82. The predicted molar refractivity (Wildman–Crippen MR) is 78.1 cm³/mol. The second-order valence-corrected chi connectivity index (χ2v) is 6.48. The molecule has 0 radical (unpaired) electrons. The molecule has 1 heterocycles. The lowest BCUT2D eigenvalue weighted by Gasteiger charge is -2.10. The molecule has 10 heteroatoms. The molecular weight excluding hydrogens is 332 g/mol. The molecule has 0 spiro atoms. The molecule has 0 fully saturated rings. The van der Waals surface area contributed by atoms with Crippen molar-refractivity contribution in [2.45, 2.75) is 24.9 Å². The van der Waals surface area contributed by atoms with Gasteiger partial charge in [0.05, 0.1) is 28.9 Å². The first-order valence-corrected chi connectivity index (χ1v) is 8.11. The number of benzene rings is 1. The van der Waals surface area contributed by atoms with E-state index < -0.39 is 16.0 Å². The third kappa shape index (κ3) is 3.43. The van der Waals surface area contributed by atoms with Crippen LogP contribution < -0.4 is 4.72 Å². The van der Waals surface area contributed by atoms with E-state index in [1.165, 1.54) is 16.9 Å². The summed E-state index contributed by atoms with van der Waals surface area (Å²) in [4.78, 5) is 10.8. The summed E-state index contributed by atoms with van der Waals surface area (Å²) in [7, 11) is -4.04. The van der Waals surface area contributed by atoms with Gasteiger partial charge in [0, 0.05) is 11.6 Å². The Balaban J connectivity index is 2.31. The van der Waals surface area contributed by atoms with Gasteiger partial charge in [-0.15, -0.1) is 5.10 Å². The molecule has 22 heavy (non-hydrogen) atoms. The third-order valence-electron chi connectivity index (χ3n) is 2.90. The third-order valence-corrected chi connectivity index (χ3v) is 4.58. The summed E-state index contributed by atoms with van der Waals surface area (Å²) in [5, 5.41) is 16.7. The minimum atomic E-state index is -4.04. The number of rotatable bonds is 6. The van der Waals surface area contributed by atoms with Crippen LogP contribution in [0.3, 0.4) is 0 Å². The molecule has 0 amide bonds. The van der Waals surface area contributed by atoms with Crippen LogP contribution in [0.25, 0.3) is 0 Å². The highest BCUT2D eigenvalue weighted by Gasteiger charge is 2.23. The smallest absolute Gasteiger partial charge is 0.337 e. The van der Waals surface area contributed by atoms with Gasteiger partial charge in [0.15, 0.2) is 0 Å². The average Bonchev–Trinajstić information content (AvgIpc) is 2.92. The van der Waals surface area contributed by atoms with Crippen molar-refractivity contribution in [3.63, 3.8) is 0 Å². The predicted octanol–water partition coefficient (Wildman–Crippen LogP) is 1.13. The fraction of sp³-hybridized carbons (Fsp3) is 0.250. The number of aromatic carboxylic acids is 1. The maximum absolute atomic E-state index is 12.3. The van der Waals surface area contributed by atoms with Gasteiger partial charge in [0.2, 0.25) is 10.0 Å². The fourth-order valence-corrected chi connectivity index (χ4v) is 3.28. The van der Waals surface area contributed by atoms with E-state index in [2.05, 4.69) is 15.0 Å². The summed E-state index contributed by atoms with van der Waals surface area (Å²) in [5.41, 5.74) is 0.212. The minimum Gasteiger partial charge on any atom is -0.478 e. The SMILES string of the molecule is CCn1nncc1CNS(=O)(=O)c1cc(Cl)ccc1C(=O)O. The molecule has 2 N–H and O–H groups in total. The Bertz CT molecular complexity index is 803. The topological polar surface area (TPSA) is 114 Å². The maximum Gasteiger partial charge on any atom is 0.337 e. The van der Waals surface area contributed by atoms with Crippen LogP contribution in [-0.4, -0.2) is 34.5 Å². The van der Waals surface area contributed by atoms with Crippen molar-refractivity contribution in [2.24, 2.45) is 0 Å². The van der Waals surface area contributed by atoms with Crippen LogP contribution in [0.1, 0.15) is 23.0 Å². The van der Waals surface area contributed by atoms with Gasteiger partial charge in [0.25, 0.3) is 0 Å². The number of aromatic nitrogens is 3. The summed E-state index contributed by atoms with van der Waals surface area (Å²) >= 11 is 5.77. The zero-order chi connectivity index (χ0) is 16.3. The van der Waals surface area contributed by atoms with E-state index in [1.54, 1.807) is 0 Å². The van der Waals surface area contributed by atoms with E-state index in [-0.39, 0.29) is 22.0 Å². The molecule has 0 aliphatic heterocycles. The van der Waals surface area contributed by atoms with Gasteiger partial charge in [-0.1, -0.05) is 16.8 Å². The largest absolute Gasteiger partial charge is 0.478 e. The second-order valence-electron chi connectivity index (χ2n) is 4.31. The second kappa shape index (κ2) is 6.42. The van der Waals surface area contributed by atoms with E-state index in [0.29, 0.717) is 12.2 Å². The van der Waals surface area contributed by atoms with Crippen molar-refractivity contribution in [3.05, 3.63) is 40.7 Å². The summed E-state index contributed by atoms with van der Waals surface area (Å²) in [6.07, 6.45) is 1.43. The Kier molecular flexibility index (Phi) is 4.79. The highest BCUT2D eigenvalue weighted by Crippen LogP contribution is 2.21. The van der Waals surface area contributed by atoms with Gasteiger partial charge < -0.3 is 5.11 Å². The maximum atomic E-state index is 12.3. The number of hydrogen-bond acceptors (Lipinski definition) is 5. The molecule has 2 aromatic rings. The first kappa shape index (κ1) is 16.4. The molecule has 118 valence electrons. The monoisotopic (exact) mass is 344 g/mol. The van der Waals surface area contributed by atoms with Crippen LogP contribution in [-0.2, 0) is 23.1 Å². The van der Waals surface area contributed by atoms with E-state index >= 15 is 0 Å². The van der Waals surface area contributed by atoms with Gasteiger partial charge >= 0.3 is 5.97 Å². The van der Waals surface area contributed by atoms with Crippen molar-refractivity contribution in [1.82, 2.24) is 19.7 Å². The number of halogens is 1. The van der Waals surface area contributed by atoms with E-state index in [0.717, 1.165) is 12.1 Å². The van der Waals surface area contributed by atoms with Gasteiger partial charge in [-0.05, 0) is 25.1 Å². The van der Waals surface area contributed by atoms with Gasteiger partial charge in [-0.2, -0.15) is 0 Å². The average molecular weight is 345 g/mol. The molecule has 1 aromatic carbocycles. The zero-order valence-corrected chi connectivity index (χ0v) is 13.1. The first-order valence-electron chi connectivity index (χ1n) is 6.25. The van der Waals surface area contributed by atoms with Crippen LogP contribution in [0.5, 0.6) is 0 Å². The van der Waals surface area contributed by atoms with Crippen molar-refractivity contribution in [2.75, 3.05) is 0 Å². The van der Waals surface area contributed by atoms with E-state index in [4.69, 9.17) is 16.7 Å². The van der Waals surface area contributed by atoms with Crippen molar-refractivity contribution >= 4 is 27.6 Å². The zero-order valence-electron chi connectivity index (χ0n) is 11.5. The number of carbonyl (C=O) groups is 1. The normalized spacial score (nSPS) is 11.5. The number of sulfonamides is 1. The lowest BCUT2D eigenvalue weighted by molar-refractivity contribution is 0.0692. The molecule has 0 aliphatic rings. The highest BCUT2D eigenvalue weighted by molar-refractivity contribution is 7.89. The molecule has 0 aliphatic carbocycles. The molecule has 8 nitrogen and oxygen atoms in total. The number of nitrogens with one attached hydrogen (secondary N) is 1. The Hall–Kier alpha value is -1.97. The summed E-state index contributed by atoms with van der Waals surface area (Å²) in [5.74, 6) is -1.35. The summed E-state index contributed by atoms with van der Waals surface area (Å²) in [6, 6.07) is 3.57. The number of carboxylic acids is 1. The number of nitrogens with zero attached hydrogens (tertiary/aromatic N) is 3. The first-order chi connectivity index (χ1) is 10.3. The molecule has 0 atom stereocenters. The van der Waals surface area contributed by atoms with Crippen molar-refractivity contribution < 1.29 is 18.3 Å². The number of hydrogen-bond donors (Lipinski definition) is 2. The molecule has 2 rings (SSSR count). The van der Waals surface area contributed by atoms with Crippen LogP contribution in [0, 0.1) is 0 Å². The summed E-state index contributed by atoms with van der Waals surface area (Å²) in [6.45, 7) is 2.32. The van der Waals surface area contributed by atoms with Crippen LogP contribution in [0.4, 0.5) is 0 Å². The number of aryl methyl sites for hydroxylation is 1. The standard InChI is InChI=1S/C12H13ClN4O4S/c1-2-17-9(6-14-16-17)7-15-22(20,21)11-5-8(13)3-4-10(11)12(18)19/h3-6,15H,2,7H2,1H3,(H,18,19). The molecule has 0 unspecified atom stereocenters. The molecule has 1 aromatic heterocycles. The van der Waals surface area contributed by atoms with Crippen LogP contribution >= 0.6 is 11.6 Å². The highest BCUT2D eigenvalue weighted by atomic mass is 35.5. The quantitative estimate of drug-likeness (QED) is 0.811. The van der Waals surface area contributed by atoms with E-state index in [1.807, 2.05) is 6.92 Å². The Morgan fingerprint density at radius 2 is 2.18 bits per heavy atom. The van der Waals surface area contributed by atoms with Gasteiger partial charge in [-0.3, -0.25) is 0 Å². The molecule has 0 bridgehead atoms. The van der Waals surface area contributed by atoms with E-state index in [9.17, 15) is 13.2 Å². The Morgan fingerprint density at radius 1 is 1.45 bits per heavy atom. The molecule has 0 saturated heterocycles. The van der Waals surface area contributed by atoms with Gasteiger partial charge in [0.1, 0.15) is 0 Å². The van der Waals surface area contributed by atoms with Crippen molar-refractivity contribution in [1.29, 1.82) is 0 Å². The molecule has 0 saturated carbocycles. The minimum absolute atomic E-state index is 0.0608. The number of carboxylic acid groups (broad SMARTS) is 1.